The van der Waals surface area contributed by atoms with Gasteiger partial charge in [-0.1, -0.05) is 0 Å². The van der Waals surface area contributed by atoms with Crippen LogP contribution >= 0.6 is 11.3 Å². The van der Waals surface area contributed by atoms with Gasteiger partial charge in [-0.25, -0.2) is 9.97 Å². The normalized spacial score (nSPS) is 11.9. The Labute approximate surface area is 106 Å². The molecule has 1 N–H and O–H groups in total. The van der Waals surface area contributed by atoms with Gasteiger partial charge in [-0.3, -0.25) is 0 Å². The number of hydrogen-bond donors (Lipinski definition) is 1. The number of rotatable bonds is 5. The van der Waals surface area contributed by atoms with Crippen LogP contribution in [0.2, 0.25) is 0 Å². The summed E-state index contributed by atoms with van der Waals surface area (Å²) in [6.45, 7) is 5.23. The standard InChI is InChI=1S/C12H18N4S/c1-12(2,13-3)11-6-14-8-16(11)5-4-10-7-17-9-15-10/h6-9,13H,4-5H2,1-3H3. The minimum atomic E-state index is -0.0570. The number of imidazole rings is 1. The highest BCUT2D eigenvalue weighted by atomic mass is 32.1. The Bertz CT molecular complexity index is 459. The van der Waals surface area contributed by atoms with Gasteiger partial charge >= 0.3 is 0 Å². The van der Waals surface area contributed by atoms with Gasteiger partial charge in [0.2, 0.25) is 0 Å². The van der Waals surface area contributed by atoms with Crippen molar-refractivity contribution < 1.29 is 0 Å². The molecule has 0 aliphatic rings. The van der Waals surface area contributed by atoms with Crippen LogP contribution in [0.5, 0.6) is 0 Å². The summed E-state index contributed by atoms with van der Waals surface area (Å²) in [5.41, 5.74) is 4.17. The first-order chi connectivity index (χ1) is 8.13. The third kappa shape index (κ3) is 2.73. The van der Waals surface area contributed by atoms with Gasteiger partial charge in [0.25, 0.3) is 0 Å². The predicted molar refractivity (Wildman–Crippen MR) is 70.1 cm³/mol. The Morgan fingerprint density at radius 1 is 1.47 bits per heavy atom. The van der Waals surface area contributed by atoms with Crippen LogP contribution in [0.25, 0.3) is 0 Å². The Hall–Kier alpha value is -1.20. The molecule has 4 nitrogen and oxygen atoms in total. The third-order valence-corrected chi connectivity index (χ3v) is 3.71. The smallest absolute Gasteiger partial charge is 0.0948 e. The van der Waals surface area contributed by atoms with E-state index in [0.29, 0.717) is 0 Å². The maximum atomic E-state index is 4.30. The topological polar surface area (TPSA) is 42.7 Å². The average molecular weight is 250 g/mol. The molecule has 0 atom stereocenters. The molecule has 0 saturated heterocycles. The van der Waals surface area contributed by atoms with Gasteiger partial charge in [-0.15, -0.1) is 11.3 Å². The fraction of sp³-hybridized carbons (Fsp3) is 0.500. The summed E-state index contributed by atoms with van der Waals surface area (Å²) in [6, 6.07) is 0. The second-order valence-corrected chi connectivity index (χ2v) is 5.30. The second-order valence-electron chi connectivity index (χ2n) is 4.58. The predicted octanol–water partition coefficient (Wildman–Crippen LogP) is 2.04. The fourth-order valence-electron chi connectivity index (χ4n) is 1.74. The third-order valence-electron chi connectivity index (χ3n) is 3.07. The zero-order chi connectivity index (χ0) is 12.3. The lowest BCUT2D eigenvalue weighted by molar-refractivity contribution is 0.408. The summed E-state index contributed by atoms with van der Waals surface area (Å²) >= 11 is 1.64. The Balaban J connectivity index is 2.09. The number of nitrogens with zero attached hydrogens (tertiary/aromatic N) is 3. The number of hydrogen-bond acceptors (Lipinski definition) is 4. The molecule has 0 amide bonds. The second kappa shape index (κ2) is 4.98. The molecule has 2 aromatic heterocycles. The van der Waals surface area contributed by atoms with Crippen LogP contribution in [0.4, 0.5) is 0 Å². The molecule has 2 rings (SSSR count). The lowest BCUT2D eigenvalue weighted by Crippen LogP contribution is -2.35. The zero-order valence-corrected chi connectivity index (χ0v) is 11.3. The Morgan fingerprint density at radius 2 is 2.29 bits per heavy atom. The van der Waals surface area contributed by atoms with Gasteiger partial charge in [-0.2, -0.15) is 0 Å². The number of nitrogens with one attached hydrogen (secondary N) is 1. The van der Waals surface area contributed by atoms with E-state index in [-0.39, 0.29) is 5.54 Å². The van der Waals surface area contributed by atoms with E-state index in [2.05, 4.69) is 39.1 Å². The lowest BCUT2D eigenvalue weighted by atomic mass is 10.0. The number of aryl methyl sites for hydroxylation is 2. The molecule has 0 radical (unpaired) electrons. The minimum Gasteiger partial charge on any atom is -0.333 e. The van der Waals surface area contributed by atoms with Crippen molar-refractivity contribution in [1.82, 2.24) is 19.9 Å². The molecule has 5 heteroatoms. The van der Waals surface area contributed by atoms with Crippen molar-refractivity contribution in [2.75, 3.05) is 7.05 Å². The molecule has 0 aliphatic carbocycles. The minimum absolute atomic E-state index is 0.0570. The van der Waals surface area contributed by atoms with E-state index >= 15 is 0 Å². The molecule has 17 heavy (non-hydrogen) atoms. The number of aromatic nitrogens is 3. The molecule has 0 aliphatic heterocycles. The summed E-state index contributed by atoms with van der Waals surface area (Å²) in [7, 11) is 1.97. The highest BCUT2D eigenvalue weighted by Crippen LogP contribution is 2.19. The molecule has 0 spiro atoms. The van der Waals surface area contributed by atoms with Gasteiger partial charge in [0.1, 0.15) is 0 Å². The first-order valence-electron chi connectivity index (χ1n) is 5.70. The molecule has 0 fully saturated rings. The summed E-state index contributed by atoms with van der Waals surface area (Å²) in [6.07, 6.45) is 4.77. The van der Waals surface area contributed by atoms with Gasteiger partial charge in [0.15, 0.2) is 0 Å². The quantitative estimate of drug-likeness (QED) is 0.883. The maximum absolute atomic E-state index is 4.30. The van der Waals surface area contributed by atoms with Crippen molar-refractivity contribution in [2.45, 2.75) is 32.4 Å². The first-order valence-corrected chi connectivity index (χ1v) is 6.64. The van der Waals surface area contributed by atoms with Crippen LogP contribution in [0, 0.1) is 0 Å². The SMILES string of the molecule is CNC(C)(C)c1cncn1CCc1cscn1. The van der Waals surface area contributed by atoms with E-state index in [1.165, 1.54) is 5.69 Å². The molecule has 92 valence electrons. The lowest BCUT2D eigenvalue weighted by Gasteiger charge is -2.25. The number of thiazole rings is 1. The van der Waals surface area contributed by atoms with E-state index in [4.69, 9.17) is 0 Å². The summed E-state index contributed by atoms with van der Waals surface area (Å²) in [5, 5.41) is 5.40. The van der Waals surface area contributed by atoms with E-state index in [0.717, 1.165) is 18.7 Å². The molecule has 2 aromatic rings. The molecule has 0 bridgehead atoms. The van der Waals surface area contributed by atoms with Crippen LogP contribution < -0.4 is 5.32 Å². The summed E-state index contributed by atoms with van der Waals surface area (Å²) < 4.78 is 2.19. The van der Waals surface area contributed by atoms with E-state index < -0.39 is 0 Å². The van der Waals surface area contributed by atoms with Gasteiger partial charge < -0.3 is 9.88 Å². The van der Waals surface area contributed by atoms with Crippen molar-refractivity contribution in [1.29, 1.82) is 0 Å². The van der Waals surface area contributed by atoms with Crippen LogP contribution in [-0.2, 0) is 18.5 Å². The molecule has 2 heterocycles. The van der Waals surface area contributed by atoms with E-state index in [9.17, 15) is 0 Å². The Kier molecular flexibility index (Phi) is 3.59. The highest BCUT2D eigenvalue weighted by molar-refractivity contribution is 7.07. The summed E-state index contributed by atoms with van der Waals surface area (Å²) in [5.74, 6) is 0. The largest absolute Gasteiger partial charge is 0.333 e. The van der Waals surface area contributed by atoms with Crippen LogP contribution in [0.15, 0.2) is 23.4 Å². The monoisotopic (exact) mass is 250 g/mol. The summed E-state index contributed by atoms with van der Waals surface area (Å²) in [4.78, 5) is 8.54. The average Bonchev–Trinajstić information content (AvgIpc) is 2.97. The van der Waals surface area contributed by atoms with E-state index in [1.807, 2.05) is 25.1 Å². The van der Waals surface area contributed by atoms with Crippen LogP contribution in [-0.4, -0.2) is 21.6 Å². The maximum Gasteiger partial charge on any atom is 0.0948 e. The highest BCUT2D eigenvalue weighted by Gasteiger charge is 2.21. The van der Waals surface area contributed by atoms with Gasteiger partial charge in [0.05, 0.1) is 28.8 Å². The van der Waals surface area contributed by atoms with Crippen molar-refractivity contribution >= 4 is 11.3 Å². The fourth-order valence-corrected chi connectivity index (χ4v) is 2.34. The van der Waals surface area contributed by atoms with Crippen molar-refractivity contribution in [2.24, 2.45) is 0 Å². The Morgan fingerprint density at radius 3 is 2.94 bits per heavy atom. The van der Waals surface area contributed by atoms with E-state index in [1.54, 1.807) is 11.3 Å². The molecule has 0 aromatic carbocycles. The molecule has 0 unspecified atom stereocenters. The zero-order valence-electron chi connectivity index (χ0n) is 10.5. The first kappa shape index (κ1) is 12.3. The van der Waals surface area contributed by atoms with Gasteiger partial charge in [0, 0.05) is 24.5 Å². The van der Waals surface area contributed by atoms with Gasteiger partial charge in [-0.05, 0) is 20.9 Å². The van der Waals surface area contributed by atoms with Crippen LogP contribution in [0.3, 0.4) is 0 Å². The van der Waals surface area contributed by atoms with Crippen LogP contribution in [0.1, 0.15) is 25.2 Å². The molecular weight excluding hydrogens is 232 g/mol. The van der Waals surface area contributed by atoms with Crippen molar-refractivity contribution in [3.8, 4) is 0 Å². The van der Waals surface area contributed by atoms with Crippen molar-refractivity contribution in [3.63, 3.8) is 0 Å². The van der Waals surface area contributed by atoms with Crippen molar-refractivity contribution in [3.05, 3.63) is 34.8 Å². The molecule has 0 saturated carbocycles. The molecular formula is C12H18N4S.